The number of rotatable bonds is 7. The minimum atomic E-state index is -0.193. The zero-order valence-corrected chi connectivity index (χ0v) is 13.2. The van der Waals surface area contributed by atoms with Gasteiger partial charge in [-0.15, -0.1) is 0 Å². The molecule has 22 heavy (non-hydrogen) atoms. The summed E-state index contributed by atoms with van der Waals surface area (Å²) in [5, 5.41) is 6.15. The standard InChI is InChI=1S/C18H23N3O/c1-3-4-5-12-19-16-10-11-17(20-13-16)18(22)21-15-8-6-14(2)7-9-15/h6-11,13,19H,3-5,12H2,1-2H3,(H,21,22). The van der Waals surface area contributed by atoms with Gasteiger partial charge in [0.05, 0.1) is 11.9 Å². The molecule has 116 valence electrons. The predicted molar refractivity (Wildman–Crippen MR) is 91.4 cm³/mol. The Labute approximate surface area is 132 Å². The molecule has 0 saturated carbocycles. The van der Waals surface area contributed by atoms with Crippen LogP contribution in [0.2, 0.25) is 0 Å². The highest BCUT2D eigenvalue weighted by Gasteiger charge is 2.07. The summed E-state index contributed by atoms with van der Waals surface area (Å²) in [6.45, 7) is 5.13. The molecule has 0 radical (unpaired) electrons. The van der Waals surface area contributed by atoms with Crippen LogP contribution >= 0.6 is 0 Å². The smallest absolute Gasteiger partial charge is 0.274 e. The second kappa shape index (κ2) is 8.17. The van der Waals surface area contributed by atoms with Crippen LogP contribution in [0, 0.1) is 6.92 Å². The summed E-state index contributed by atoms with van der Waals surface area (Å²) >= 11 is 0. The summed E-state index contributed by atoms with van der Waals surface area (Å²) in [6, 6.07) is 11.3. The van der Waals surface area contributed by atoms with Crippen molar-refractivity contribution in [2.24, 2.45) is 0 Å². The first-order valence-electron chi connectivity index (χ1n) is 7.77. The minimum absolute atomic E-state index is 0.193. The van der Waals surface area contributed by atoms with Crippen molar-refractivity contribution in [2.75, 3.05) is 17.2 Å². The molecule has 1 aromatic heterocycles. The molecule has 1 aromatic carbocycles. The molecule has 0 aliphatic heterocycles. The van der Waals surface area contributed by atoms with E-state index in [-0.39, 0.29) is 5.91 Å². The average molecular weight is 297 g/mol. The molecule has 2 N–H and O–H groups in total. The Hall–Kier alpha value is -2.36. The second-order valence-corrected chi connectivity index (χ2v) is 5.39. The molecule has 1 amide bonds. The van der Waals surface area contributed by atoms with Gasteiger partial charge < -0.3 is 10.6 Å². The van der Waals surface area contributed by atoms with Crippen LogP contribution in [-0.4, -0.2) is 17.4 Å². The van der Waals surface area contributed by atoms with Gasteiger partial charge in [-0.05, 0) is 37.6 Å². The zero-order valence-electron chi connectivity index (χ0n) is 13.2. The lowest BCUT2D eigenvalue weighted by molar-refractivity contribution is 0.102. The van der Waals surface area contributed by atoms with Crippen LogP contribution < -0.4 is 10.6 Å². The molecule has 0 aliphatic carbocycles. The topological polar surface area (TPSA) is 54.0 Å². The number of carbonyl (C=O) groups is 1. The van der Waals surface area contributed by atoms with Crippen molar-refractivity contribution in [1.29, 1.82) is 0 Å². The normalized spacial score (nSPS) is 10.3. The first-order chi connectivity index (χ1) is 10.7. The molecule has 1 heterocycles. The number of nitrogens with zero attached hydrogens (tertiary/aromatic N) is 1. The van der Waals surface area contributed by atoms with Crippen LogP contribution in [0.15, 0.2) is 42.6 Å². The van der Waals surface area contributed by atoms with E-state index in [9.17, 15) is 4.79 Å². The van der Waals surface area contributed by atoms with E-state index in [0.29, 0.717) is 5.69 Å². The van der Waals surface area contributed by atoms with Crippen LogP contribution in [-0.2, 0) is 0 Å². The van der Waals surface area contributed by atoms with Crippen molar-refractivity contribution in [1.82, 2.24) is 4.98 Å². The molecule has 0 atom stereocenters. The maximum atomic E-state index is 12.1. The number of hydrogen-bond donors (Lipinski definition) is 2. The molecule has 0 aliphatic rings. The van der Waals surface area contributed by atoms with Gasteiger partial charge in [0, 0.05) is 12.2 Å². The molecular weight excluding hydrogens is 274 g/mol. The highest BCUT2D eigenvalue weighted by molar-refractivity contribution is 6.02. The number of unbranched alkanes of at least 4 members (excludes halogenated alkanes) is 2. The third-order valence-corrected chi connectivity index (χ3v) is 3.42. The van der Waals surface area contributed by atoms with Gasteiger partial charge in [0.1, 0.15) is 5.69 Å². The van der Waals surface area contributed by atoms with Gasteiger partial charge in [-0.1, -0.05) is 37.5 Å². The Morgan fingerprint density at radius 3 is 2.41 bits per heavy atom. The number of aromatic nitrogens is 1. The molecule has 0 unspecified atom stereocenters. The minimum Gasteiger partial charge on any atom is -0.384 e. The summed E-state index contributed by atoms with van der Waals surface area (Å²) in [7, 11) is 0. The fourth-order valence-corrected chi connectivity index (χ4v) is 2.07. The first kappa shape index (κ1) is 16.0. The van der Waals surface area contributed by atoms with Gasteiger partial charge in [0.15, 0.2) is 0 Å². The first-order valence-corrected chi connectivity index (χ1v) is 7.77. The predicted octanol–water partition coefficient (Wildman–Crippen LogP) is 4.24. The fourth-order valence-electron chi connectivity index (χ4n) is 2.07. The second-order valence-electron chi connectivity index (χ2n) is 5.39. The zero-order chi connectivity index (χ0) is 15.8. The molecule has 0 spiro atoms. The van der Waals surface area contributed by atoms with Crippen molar-refractivity contribution in [3.05, 3.63) is 53.9 Å². The van der Waals surface area contributed by atoms with E-state index in [4.69, 9.17) is 0 Å². The van der Waals surface area contributed by atoms with Gasteiger partial charge in [0.25, 0.3) is 5.91 Å². The van der Waals surface area contributed by atoms with Crippen LogP contribution in [0.3, 0.4) is 0 Å². The Bertz CT molecular complexity index is 591. The number of aryl methyl sites for hydroxylation is 1. The number of carbonyl (C=O) groups excluding carboxylic acids is 1. The Balaban J connectivity index is 1.89. The van der Waals surface area contributed by atoms with E-state index in [1.54, 1.807) is 12.3 Å². The van der Waals surface area contributed by atoms with Gasteiger partial charge in [-0.2, -0.15) is 0 Å². The maximum Gasteiger partial charge on any atom is 0.274 e. The monoisotopic (exact) mass is 297 g/mol. The molecule has 4 nitrogen and oxygen atoms in total. The van der Waals surface area contributed by atoms with E-state index in [1.807, 2.05) is 37.3 Å². The largest absolute Gasteiger partial charge is 0.384 e. The van der Waals surface area contributed by atoms with Crippen molar-refractivity contribution >= 4 is 17.3 Å². The quantitative estimate of drug-likeness (QED) is 0.751. The van der Waals surface area contributed by atoms with Crippen LogP contribution in [0.4, 0.5) is 11.4 Å². The lowest BCUT2D eigenvalue weighted by Crippen LogP contribution is -2.13. The third kappa shape index (κ3) is 4.88. The fraction of sp³-hybridized carbons (Fsp3) is 0.333. The van der Waals surface area contributed by atoms with E-state index in [1.165, 1.54) is 12.8 Å². The van der Waals surface area contributed by atoms with Gasteiger partial charge in [-0.25, -0.2) is 4.98 Å². The Kier molecular flexibility index (Phi) is 5.95. The lowest BCUT2D eigenvalue weighted by Gasteiger charge is -2.07. The summed E-state index contributed by atoms with van der Waals surface area (Å²) < 4.78 is 0. The molecule has 0 saturated heterocycles. The van der Waals surface area contributed by atoms with Crippen LogP contribution in [0.25, 0.3) is 0 Å². The number of nitrogens with one attached hydrogen (secondary N) is 2. The SMILES string of the molecule is CCCCCNc1ccc(C(=O)Nc2ccc(C)cc2)nc1. The number of hydrogen-bond acceptors (Lipinski definition) is 3. The average Bonchev–Trinajstić information content (AvgIpc) is 2.54. The van der Waals surface area contributed by atoms with Gasteiger partial charge in [-0.3, -0.25) is 4.79 Å². The third-order valence-electron chi connectivity index (χ3n) is 3.42. The molecule has 4 heteroatoms. The van der Waals surface area contributed by atoms with Gasteiger partial charge >= 0.3 is 0 Å². The highest BCUT2D eigenvalue weighted by atomic mass is 16.1. The van der Waals surface area contributed by atoms with Crippen LogP contribution in [0.1, 0.15) is 42.2 Å². The van der Waals surface area contributed by atoms with Crippen molar-refractivity contribution < 1.29 is 4.79 Å². The van der Waals surface area contributed by atoms with E-state index < -0.39 is 0 Å². The maximum absolute atomic E-state index is 12.1. The highest BCUT2D eigenvalue weighted by Crippen LogP contribution is 2.11. The van der Waals surface area contributed by atoms with E-state index in [0.717, 1.165) is 29.9 Å². The van der Waals surface area contributed by atoms with Crippen molar-refractivity contribution in [2.45, 2.75) is 33.1 Å². The molecule has 2 rings (SSSR count). The Morgan fingerprint density at radius 1 is 1.05 bits per heavy atom. The van der Waals surface area contributed by atoms with E-state index in [2.05, 4.69) is 22.5 Å². The summed E-state index contributed by atoms with van der Waals surface area (Å²) in [4.78, 5) is 16.3. The van der Waals surface area contributed by atoms with Crippen LogP contribution in [0.5, 0.6) is 0 Å². The number of anilines is 2. The van der Waals surface area contributed by atoms with E-state index >= 15 is 0 Å². The number of benzene rings is 1. The number of amides is 1. The molecule has 2 aromatic rings. The van der Waals surface area contributed by atoms with Crippen molar-refractivity contribution in [3.8, 4) is 0 Å². The van der Waals surface area contributed by atoms with Gasteiger partial charge in [0.2, 0.25) is 0 Å². The molecule has 0 fully saturated rings. The molecular formula is C18H23N3O. The van der Waals surface area contributed by atoms with Crippen molar-refractivity contribution in [3.63, 3.8) is 0 Å². The lowest BCUT2D eigenvalue weighted by atomic mass is 10.2. The summed E-state index contributed by atoms with van der Waals surface area (Å²) in [5.41, 5.74) is 3.30. The Morgan fingerprint density at radius 2 is 1.77 bits per heavy atom. The number of pyridine rings is 1. The molecule has 0 bridgehead atoms. The summed E-state index contributed by atoms with van der Waals surface area (Å²) in [5.74, 6) is -0.193. The summed E-state index contributed by atoms with van der Waals surface area (Å²) in [6.07, 6.45) is 5.28.